The van der Waals surface area contributed by atoms with Crippen LogP contribution in [0.2, 0.25) is 0 Å². The summed E-state index contributed by atoms with van der Waals surface area (Å²) in [6.07, 6.45) is 0. The van der Waals surface area contributed by atoms with Crippen molar-refractivity contribution < 1.29 is 9.63 Å². The highest BCUT2D eigenvalue weighted by molar-refractivity contribution is 9.10. The SMILES string of the molecule is NOc1cc(Br)ccc1C(N)=O. The highest BCUT2D eigenvalue weighted by Crippen LogP contribution is 2.22. The molecule has 1 amide bonds. The van der Waals surface area contributed by atoms with Gasteiger partial charge in [-0.05, 0) is 18.2 Å². The van der Waals surface area contributed by atoms with Crippen molar-refractivity contribution in [3.05, 3.63) is 28.2 Å². The van der Waals surface area contributed by atoms with Gasteiger partial charge < -0.3 is 10.6 Å². The number of carbonyl (C=O) groups is 1. The van der Waals surface area contributed by atoms with E-state index in [1.54, 1.807) is 12.1 Å². The summed E-state index contributed by atoms with van der Waals surface area (Å²) in [6, 6.07) is 4.79. The first-order valence-corrected chi connectivity index (χ1v) is 3.90. The molecule has 0 unspecified atom stereocenters. The van der Waals surface area contributed by atoms with Crippen LogP contribution in [-0.4, -0.2) is 5.91 Å². The molecular weight excluding hydrogens is 224 g/mol. The lowest BCUT2D eigenvalue weighted by atomic mass is 10.2. The second kappa shape index (κ2) is 3.55. The zero-order valence-electron chi connectivity index (χ0n) is 6.08. The van der Waals surface area contributed by atoms with Crippen LogP contribution in [-0.2, 0) is 0 Å². The molecule has 0 aliphatic rings. The van der Waals surface area contributed by atoms with Crippen molar-refractivity contribution in [1.82, 2.24) is 0 Å². The molecule has 12 heavy (non-hydrogen) atoms. The standard InChI is InChI=1S/C7H7BrN2O2/c8-4-1-2-5(7(9)11)6(3-4)12-10/h1-3H,10H2,(H2,9,11). The number of amides is 1. The van der Waals surface area contributed by atoms with Crippen LogP contribution in [0.1, 0.15) is 10.4 Å². The summed E-state index contributed by atoms with van der Waals surface area (Å²) >= 11 is 3.20. The van der Waals surface area contributed by atoms with Gasteiger partial charge in [0, 0.05) is 4.47 Å². The fourth-order valence-corrected chi connectivity index (χ4v) is 1.14. The third kappa shape index (κ3) is 1.75. The first kappa shape index (κ1) is 9.02. The minimum Gasteiger partial charge on any atom is -0.411 e. The Labute approximate surface area is 77.6 Å². The van der Waals surface area contributed by atoms with Crippen molar-refractivity contribution >= 4 is 21.8 Å². The zero-order chi connectivity index (χ0) is 9.14. The van der Waals surface area contributed by atoms with Crippen molar-refractivity contribution in [3.8, 4) is 5.75 Å². The number of benzene rings is 1. The first-order valence-electron chi connectivity index (χ1n) is 3.11. The van der Waals surface area contributed by atoms with E-state index in [2.05, 4.69) is 20.8 Å². The molecule has 1 aromatic carbocycles. The van der Waals surface area contributed by atoms with Crippen LogP contribution in [0.25, 0.3) is 0 Å². The second-order valence-electron chi connectivity index (χ2n) is 2.12. The van der Waals surface area contributed by atoms with Crippen molar-refractivity contribution in [2.75, 3.05) is 0 Å². The molecule has 0 aliphatic heterocycles. The number of hydrogen-bond acceptors (Lipinski definition) is 3. The first-order chi connectivity index (χ1) is 5.65. The van der Waals surface area contributed by atoms with Gasteiger partial charge >= 0.3 is 0 Å². The molecule has 0 spiro atoms. The molecular formula is C7H7BrN2O2. The van der Waals surface area contributed by atoms with Crippen LogP contribution < -0.4 is 16.5 Å². The average Bonchev–Trinajstić information content (AvgIpc) is 2.03. The fraction of sp³-hybridized carbons (Fsp3) is 0. The van der Waals surface area contributed by atoms with Gasteiger partial charge in [0.15, 0.2) is 5.75 Å². The second-order valence-corrected chi connectivity index (χ2v) is 3.04. The molecule has 0 radical (unpaired) electrons. The summed E-state index contributed by atoms with van der Waals surface area (Å²) in [6.45, 7) is 0. The van der Waals surface area contributed by atoms with E-state index in [1.807, 2.05) is 0 Å². The maximum Gasteiger partial charge on any atom is 0.252 e. The normalized spacial score (nSPS) is 9.50. The zero-order valence-corrected chi connectivity index (χ0v) is 7.67. The third-order valence-electron chi connectivity index (χ3n) is 1.34. The maximum atomic E-state index is 10.8. The lowest BCUT2D eigenvalue weighted by molar-refractivity contribution is 0.0996. The fourth-order valence-electron chi connectivity index (χ4n) is 0.797. The Morgan fingerprint density at radius 1 is 1.50 bits per heavy atom. The van der Waals surface area contributed by atoms with Gasteiger partial charge in [0.05, 0.1) is 5.56 Å². The molecule has 0 fully saturated rings. The molecule has 64 valence electrons. The third-order valence-corrected chi connectivity index (χ3v) is 1.83. The van der Waals surface area contributed by atoms with Gasteiger partial charge in [0.25, 0.3) is 5.91 Å². The van der Waals surface area contributed by atoms with Crippen molar-refractivity contribution in [1.29, 1.82) is 0 Å². The summed E-state index contributed by atoms with van der Waals surface area (Å²) in [4.78, 5) is 15.2. The van der Waals surface area contributed by atoms with Crippen LogP contribution in [0, 0.1) is 0 Å². The summed E-state index contributed by atoms with van der Waals surface area (Å²) < 4.78 is 0.771. The summed E-state index contributed by atoms with van der Waals surface area (Å²) in [5.74, 6) is 4.62. The minimum atomic E-state index is -0.567. The molecule has 1 aromatic rings. The molecule has 0 heterocycles. The summed E-state index contributed by atoms with van der Waals surface area (Å²) in [5, 5.41) is 0. The molecule has 0 saturated heterocycles. The van der Waals surface area contributed by atoms with E-state index in [4.69, 9.17) is 11.6 Å². The van der Waals surface area contributed by atoms with Crippen molar-refractivity contribution in [2.45, 2.75) is 0 Å². The Hall–Kier alpha value is -1.07. The van der Waals surface area contributed by atoms with E-state index in [0.29, 0.717) is 0 Å². The Kier molecular flexibility index (Phi) is 2.67. The Balaban J connectivity index is 3.20. The monoisotopic (exact) mass is 230 g/mol. The molecule has 0 aliphatic carbocycles. The molecule has 0 aromatic heterocycles. The van der Waals surface area contributed by atoms with Gasteiger partial charge in [-0.1, -0.05) is 15.9 Å². The molecule has 0 bridgehead atoms. The number of nitrogens with two attached hydrogens (primary N) is 2. The van der Waals surface area contributed by atoms with E-state index in [1.165, 1.54) is 6.07 Å². The number of hydrogen-bond donors (Lipinski definition) is 2. The van der Waals surface area contributed by atoms with Gasteiger partial charge in [-0.3, -0.25) is 4.79 Å². The van der Waals surface area contributed by atoms with Gasteiger partial charge in [-0.25, -0.2) is 0 Å². The van der Waals surface area contributed by atoms with Gasteiger partial charge in [0.2, 0.25) is 0 Å². The Morgan fingerprint density at radius 2 is 2.17 bits per heavy atom. The van der Waals surface area contributed by atoms with E-state index in [0.717, 1.165) is 4.47 Å². The summed E-state index contributed by atoms with van der Waals surface area (Å²) in [7, 11) is 0. The Morgan fingerprint density at radius 3 is 2.67 bits per heavy atom. The van der Waals surface area contributed by atoms with Crippen LogP contribution in [0.3, 0.4) is 0 Å². The molecule has 0 saturated carbocycles. The quantitative estimate of drug-likeness (QED) is 0.739. The topological polar surface area (TPSA) is 78.3 Å². The smallest absolute Gasteiger partial charge is 0.252 e. The predicted octanol–water partition coefficient (Wildman–Crippen LogP) is 0.801. The molecule has 4 nitrogen and oxygen atoms in total. The van der Waals surface area contributed by atoms with E-state index in [9.17, 15) is 4.79 Å². The molecule has 5 heteroatoms. The molecule has 0 atom stereocenters. The van der Waals surface area contributed by atoms with Crippen LogP contribution in [0.5, 0.6) is 5.75 Å². The van der Waals surface area contributed by atoms with E-state index in [-0.39, 0.29) is 11.3 Å². The van der Waals surface area contributed by atoms with Gasteiger partial charge in [-0.2, -0.15) is 5.90 Å². The van der Waals surface area contributed by atoms with Crippen LogP contribution >= 0.6 is 15.9 Å². The molecule has 4 N–H and O–H groups in total. The van der Waals surface area contributed by atoms with Crippen molar-refractivity contribution in [2.24, 2.45) is 11.6 Å². The van der Waals surface area contributed by atoms with Gasteiger partial charge in [0.1, 0.15) is 0 Å². The number of carbonyl (C=O) groups excluding carboxylic acids is 1. The van der Waals surface area contributed by atoms with Crippen LogP contribution in [0.15, 0.2) is 22.7 Å². The van der Waals surface area contributed by atoms with E-state index < -0.39 is 5.91 Å². The van der Waals surface area contributed by atoms with Gasteiger partial charge in [-0.15, -0.1) is 0 Å². The largest absolute Gasteiger partial charge is 0.411 e. The summed E-state index contributed by atoms with van der Waals surface area (Å²) in [5.41, 5.74) is 5.31. The number of primary amides is 1. The maximum absolute atomic E-state index is 10.8. The van der Waals surface area contributed by atoms with Crippen LogP contribution in [0.4, 0.5) is 0 Å². The number of rotatable bonds is 2. The Bertz CT molecular complexity index is 314. The minimum absolute atomic E-state index is 0.261. The van der Waals surface area contributed by atoms with Crippen molar-refractivity contribution in [3.63, 3.8) is 0 Å². The highest BCUT2D eigenvalue weighted by atomic mass is 79.9. The lowest BCUT2D eigenvalue weighted by Gasteiger charge is -2.03. The number of halogens is 1. The predicted molar refractivity (Wildman–Crippen MR) is 47.5 cm³/mol. The van der Waals surface area contributed by atoms with E-state index >= 15 is 0 Å². The molecule has 1 rings (SSSR count). The lowest BCUT2D eigenvalue weighted by Crippen LogP contribution is -2.14. The highest BCUT2D eigenvalue weighted by Gasteiger charge is 2.08. The average molecular weight is 231 g/mol.